The number of amides is 1. The second-order valence-corrected chi connectivity index (χ2v) is 8.77. The maximum absolute atomic E-state index is 12.6. The Morgan fingerprint density at radius 1 is 1.07 bits per heavy atom. The van der Waals surface area contributed by atoms with Gasteiger partial charge >= 0.3 is 0 Å². The largest absolute Gasteiger partial charge is 0.481 e. The molecule has 1 saturated heterocycles. The van der Waals surface area contributed by atoms with Crippen molar-refractivity contribution in [1.29, 1.82) is 0 Å². The molecule has 1 fully saturated rings. The molecule has 2 aromatic carbocycles. The lowest BCUT2D eigenvalue weighted by Gasteiger charge is -2.29. The average Bonchev–Trinajstić information content (AvgIpc) is 2.76. The minimum Gasteiger partial charge on any atom is -0.481 e. The van der Waals surface area contributed by atoms with Crippen LogP contribution in [0.3, 0.4) is 0 Å². The van der Waals surface area contributed by atoms with Gasteiger partial charge in [0.05, 0.1) is 13.2 Å². The minimum atomic E-state index is -0.502. The summed E-state index contributed by atoms with van der Waals surface area (Å²) in [6, 6.07) is 16.4. The van der Waals surface area contributed by atoms with Crippen LogP contribution < -0.4 is 15.0 Å². The van der Waals surface area contributed by atoms with Gasteiger partial charge in [-0.05, 0) is 47.2 Å². The van der Waals surface area contributed by atoms with Crippen LogP contribution in [0.5, 0.6) is 5.75 Å². The molecular weight excluding hydrogens is 376 g/mol. The van der Waals surface area contributed by atoms with Crippen molar-refractivity contribution < 1.29 is 14.3 Å². The van der Waals surface area contributed by atoms with Crippen molar-refractivity contribution in [2.45, 2.75) is 52.2 Å². The summed E-state index contributed by atoms with van der Waals surface area (Å²) in [5.41, 5.74) is 3.61. The molecule has 1 amide bonds. The first-order valence-corrected chi connectivity index (χ1v) is 10.8. The molecule has 162 valence electrons. The Labute approximate surface area is 180 Å². The van der Waals surface area contributed by atoms with Crippen molar-refractivity contribution in [1.82, 2.24) is 5.32 Å². The predicted molar refractivity (Wildman–Crippen MR) is 121 cm³/mol. The molecule has 0 radical (unpaired) electrons. The topological polar surface area (TPSA) is 50.8 Å². The molecule has 0 unspecified atom stereocenters. The molecule has 30 heavy (non-hydrogen) atoms. The van der Waals surface area contributed by atoms with Crippen LogP contribution in [0.25, 0.3) is 0 Å². The summed E-state index contributed by atoms with van der Waals surface area (Å²) in [5.74, 6) is 0.634. The standard InChI is InChI=1S/C25H34N2O3/c1-5-23(30-22-12-8-20(9-13-22)25(2,3)4)24(28)26-18-19-6-10-21(11-7-19)27-14-16-29-17-15-27/h6-13,23H,5,14-18H2,1-4H3,(H,26,28)/t23-/m1/s1. The summed E-state index contributed by atoms with van der Waals surface area (Å²) in [4.78, 5) is 15.0. The summed E-state index contributed by atoms with van der Waals surface area (Å²) in [5, 5.41) is 3.01. The van der Waals surface area contributed by atoms with Gasteiger partial charge in [0.1, 0.15) is 5.75 Å². The van der Waals surface area contributed by atoms with Gasteiger partial charge in [-0.1, -0.05) is 52.0 Å². The number of carbonyl (C=O) groups excluding carboxylic acids is 1. The molecule has 0 aliphatic carbocycles. The van der Waals surface area contributed by atoms with E-state index in [0.29, 0.717) is 13.0 Å². The third-order valence-corrected chi connectivity index (χ3v) is 5.44. The second-order valence-electron chi connectivity index (χ2n) is 8.77. The molecule has 0 bridgehead atoms. The van der Waals surface area contributed by atoms with Crippen molar-refractivity contribution >= 4 is 11.6 Å². The first-order chi connectivity index (χ1) is 14.4. The molecule has 1 heterocycles. The van der Waals surface area contributed by atoms with E-state index in [9.17, 15) is 4.79 Å². The van der Waals surface area contributed by atoms with Gasteiger partial charge in [-0.2, -0.15) is 0 Å². The Morgan fingerprint density at radius 2 is 1.70 bits per heavy atom. The van der Waals surface area contributed by atoms with Gasteiger partial charge in [0.25, 0.3) is 5.91 Å². The van der Waals surface area contributed by atoms with Crippen LogP contribution in [0.1, 0.15) is 45.2 Å². The van der Waals surface area contributed by atoms with Gasteiger partial charge in [0.15, 0.2) is 6.10 Å². The Kier molecular flexibility index (Phi) is 7.38. The highest BCUT2D eigenvalue weighted by Gasteiger charge is 2.19. The van der Waals surface area contributed by atoms with E-state index in [4.69, 9.17) is 9.47 Å². The number of benzene rings is 2. The molecule has 0 saturated carbocycles. The average molecular weight is 411 g/mol. The number of rotatable bonds is 7. The number of morpholine rings is 1. The van der Waals surface area contributed by atoms with Crippen LogP contribution >= 0.6 is 0 Å². The van der Waals surface area contributed by atoms with Crippen molar-refractivity contribution in [3.63, 3.8) is 0 Å². The fourth-order valence-electron chi connectivity index (χ4n) is 3.47. The lowest BCUT2D eigenvalue weighted by molar-refractivity contribution is -0.128. The third kappa shape index (κ3) is 5.99. The zero-order valence-corrected chi connectivity index (χ0v) is 18.6. The molecule has 0 aromatic heterocycles. The lowest BCUT2D eigenvalue weighted by atomic mass is 9.87. The minimum absolute atomic E-state index is 0.0883. The number of anilines is 1. The summed E-state index contributed by atoms with van der Waals surface area (Å²) in [7, 11) is 0. The van der Waals surface area contributed by atoms with Crippen LogP contribution in [-0.4, -0.2) is 38.3 Å². The summed E-state index contributed by atoms with van der Waals surface area (Å²) in [6.07, 6.45) is 0.112. The van der Waals surface area contributed by atoms with E-state index >= 15 is 0 Å². The first kappa shape index (κ1) is 22.2. The Bertz CT molecular complexity index is 804. The quantitative estimate of drug-likeness (QED) is 0.740. The van der Waals surface area contributed by atoms with Crippen molar-refractivity contribution in [2.24, 2.45) is 0 Å². The van der Waals surface area contributed by atoms with E-state index in [1.54, 1.807) is 0 Å². The van der Waals surface area contributed by atoms with Gasteiger partial charge in [0.2, 0.25) is 0 Å². The summed E-state index contributed by atoms with van der Waals surface area (Å²) >= 11 is 0. The van der Waals surface area contributed by atoms with Crippen molar-refractivity contribution in [2.75, 3.05) is 31.2 Å². The van der Waals surface area contributed by atoms with E-state index in [2.05, 4.69) is 67.4 Å². The first-order valence-electron chi connectivity index (χ1n) is 10.8. The van der Waals surface area contributed by atoms with E-state index in [1.807, 2.05) is 19.1 Å². The zero-order chi connectivity index (χ0) is 21.6. The van der Waals surface area contributed by atoms with E-state index < -0.39 is 6.10 Å². The van der Waals surface area contributed by atoms with Gasteiger partial charge in [-0.3, -0.25) is 4.79 Å². The van der Waals surface area contributed by atoms with Crippen LogP contribution in [0.15, 0.2) is 48.5 Å². The van der Waals surface area contributed by atoms with E-state index in [1.165, 1.54) is 11.3 Å². The lowest BCUT2D eigenvalue weighted by Crippen LogP contribution is -2.37. The smallest absolute Gasteiger partial charge is 0.261 e. The molecule has 0 spiro atoms. The fraction of sp³-hybridized carbons (Fsp3) is 0.480. The van der Waals surface area contributed by atoms with Gasteiger partial charge in [0, 0.05) is 25.3 Å². The maximum atomic E-state index is 12.6. The Hall–Kier alpha value is -2.53. The highest BCUT2D eigenvalue weighted by atomic mass is 16.5. The number of nitrogens with one attached hydrogen (secondary N) is 1. The Balaban J connectivity index is 1.52. The zero-order valence-electron chi connectivity index (χ0n) is 18.6. The van der Waals surface area contributed by atoms with Crippen molar-refractivity contribution in [3.05, 3.63) is 59.7 Å². The van der Waals surface area contributed by atoms with Crippen LogP contribution in [0.4, 0.5) is 5.69 Å². The SMILES string of the molecule is CC[C@@H](Oc1ccc(C(C)(C)C)cc1)C(=O)NCc1ccc(N2CCOCC2)cc1. The van der Waals surface area contributed by atoms with Gasteiger partial charge in [-0.15, -0.1) is 0 Å². The molecule has 5 nitrogen and oxygen atoms in total. The van der Waals surface area contributed by atoms with Crippen LogP contribution in [-0.2, 0) is 21.5 Å². The number of ether oxygens (including phenoxy) is 2. The maximum Gasteiger partial charge on any atom is 0.261 e. The van der Waals surface area contributed by atoms with Crippen LogP contribution in [0.2, 0.25) is 0 Å². The molecule has 1 N–H and O–H groups in total. The highest BCUT2D eigenvalue weighted by molar-refractivity contribution is 5.81. The molecule has 2 aromatic rings. The second kappa shape index (κ2) is 9.98. The normalized spacial score (nSPS) is 15.5. The molecule has 1 atom stereocenters. The fourth-order valence-corrected chi connectivity index (χ4v) is 3.47. The summed E-state index contributed by atoms with van der Waals surface area (Å²) in [6.45, 7) is 12.4. The van der Waals surface area contributed by atoms with Crippen molar-refractivity contribution in [3.8, 4) is 5.75 Å². The monoisotopic (exact) mass is 410 g/mol. The number of carbonyl (C=O) groups is 1. The van der Waals surface area contributed by atoms with E-state index in [0.717, 1.165) is 37.6 Å². The molecule has 1 aliphatic rings. The van der Waals surface area contributed by atoms with Gasteiger partial charge < -0.3 is 19.7 Å². The van der Waals surface area contributed by atoms with E-state index in [-0.39, 0.29) is 11.3 Å². The van der Waals surface area contributed by atoms with Crippen LogP contribution in [0, 0.1) is 0 Å². The highest BCUT2D eigenvalue weighted by Crippen LogP contribution is 2.25. The molecule has 3 rings (SSSR count). The number of hydrogen-bond acceptors (Lipinski definition) is 4. The van der Waals surface area contributed by atoms with Gasteiger partial charge in [-0.25, -0.2) is 0 Å². The molecule has 1 aliphatic heterocycles. The number of hydrogen-bond donors (Lipinski definition) is 1. The molecule has 5 heteroatoms. The third-order valence-electron chi connectivity index (χ3n) is 5.44. The molecular formula is C25H34N2O3. The predicted octanol–water partition coefficient (Wildman–Crippen LogP) is 4.29. The Morgan fingerprint density at radius 3 is 2.27 bits per heavy atom. The number of nitrogens with zero attached hydrogens (tertiary/aromatic N) is 1. The summed E-state index contributed by atoms with van der Waals surface area (Å²) < 4.78 is 11.4.